The van der Waals surface area contributed by atoms with Gasteiger partial charge in [-0.05, 0) is 29.8 Å². The molecular formula is C22H22N2O9. The van der Waals surface area contributed by atoms with Gasteiger partial charge in [0.2, 0.25) is 0 Å². The number of non-ortho nitro benzene ring substituents is 1. The van der Waals surface area contributed by atoms with Crippen molar-refractivity contribution in [1.29, 1.82) is 0 Å². The molecule has 174 valence electrons. The largest absolute Gasteiger partial charge is 0.507 e. The van der Waals surface area contributed by atoms with E-state index >= 15 is 0 Å². The van der Waals surface area contributed by atoms with E-state index in [-0.39, 0.29) is 54.7 Å². The van der Waals surface area contributed by atoms with Crippen LogP contribution in [0.25, 0.3) is 5.76 Å². The van der Waals surface area contributed by atoms with Gasteiger partial charge in [0, 0.05) is 24.2 Å². The minimum atomic E-state index is -1.03. The van der Waals surface area contributed by atoms with Crippen LogP contribution in [0.4, 0.5) is 5.69 Å². The Labute approximate surface area is 188 Å². The van der Waals surface area contributed by atoms with Crippen molar-refractivity contribution in [1.82, 2.24) is 4.90 Å². The third kappa shape index (κ3) is 4.78. The van der Waals surface area contributed by atoms with Crippen LogP contribution in [-0.2, 0) is 14.3 Å². The van der Waals surface area contributed by atoms with Crippen molar-refractivity contribution in [3.8, 4) is 11.5 Å². The highest BCUT2D eigenvalue weighted by molar-refractivity contribution is 6.46. The Balaban J connectivity index is 2.10. The Kier molecular flexibility index (Phi) is 7.26. The number of nitro groups is 1. The molecule has 1 atom stereocenters. The molecule has 2 aromatic rings. The molecule has 3 rings (SSSR count). The Bertz CT molecular complexity index is 1100. The number of aliphatic hydroxyl groups is 2. The first-order valence-electron chi connectivity index (χ1n) is 9.88. The number of methoxy groups -OCH3 is 1. The van der Waals surface area contributed by atoms with E-state index < -0.39 is 28.4 Å². The zero-order valence-corrected chi connectivity index (χ0v) is 17.6. The first-order chi connectivity index (χ1) is 15.8. The van der Waals surface area contributed by atoms with E-state index in [1.165, 1.54) is 54.5 Å². The third-order valence-corrected chi connectivity index (χ3v) is 5.12. The van der Waals surface area contributed by atoms with Crippen LogP contribution >= 0.6 is 0 Å². The van der Waals surface area contributed by atoms with Crippen LogP contribution in [-0.4, -0.2) is 70.3 Å². The number of Topliss-reactive ketones (excluding diaryl/α,β-unsaturated/α-hetero) is 1. The molecule has 0 unspecified atom stereocenters. The Morgan fingerprint density at radius 2 is 1.85 bits per heavy atom. The van der Waals surface area contributed by atoms with Crippen molar-refractivity contribution >= 4 is 23.1 Å². The van der Waals surface area contributed by atoms with Gasteiger partial charge in [0.05, 0.1) is 43.5 Å². The van der Waals surface area contributed by atoms with Gasteiger partial charge in [-0.3, -0.25) is 19.7 Å². The number of phenolic OH excluding ortho intramolecular Hbond substituents is 1. The van der Waals surface area contributed by atoms with Crippen LogP contribution in [0.5, 0.6) is 11.5 Å². The van der Waals surface area contributed by atoms with E-state index in [0.717, 1.165) is 0 Å². The number of phenols is 1. The molecule has 2 aromatic carbocycles. The van der Waals surface area contributed by atoms with Crippen LogP contribution in [0.3, 0.4) is 0 Å². The van der Waals surface area contributed by atoms with Crippen LogP contribution in [0, 0.1) is 10.1 Å². The maximum atomic E-state index is 12.9. The number of ether oxygens (including phenoxy) is 2. The second-order valence-electron chi connectivity index (χ2n) is 7.06. The van der Waals surface area contributed by atoms with Gasteiger partial charge in [-0.15, -0.1) is 0 Å². The highest BCUT2D eigenvalue weighted by Crippen LogP contribution is 2.41. The molecule has 1 heterocycles. The van der Waals surface area contributed by atoms with Gasteiger partial charge in [-0.25, -0.2) is 0 Å². The monoisotopic (exact) mass is 458 g/mol. The smallest absolute Gasteiger partial charge is 0.295 e. The maximum Gasteiger partial charge on any atom is 0.295 e. The predicted molar refractivity (Wildman–Crippen MR) is 115 cm³/mol. The van der Waals surface area contributed by atoms with Gasteiger partial charge in [0.1, 0.15) is 5.76 Å². The highest BCUT2D eigenvalue weighted by atomic mass is 16.6. The van der Waals surface area contributed by atoms with Crippen molar-refractivity contribution in [3.63, 3.8) is 0 Å². The third-order valence-electron chi connectivity index (χ3n) is 5.12. The summed E-state index contributed by atoms with van der Waals surface area (Å²) in [6.45, 7) is -0.158. The Morgan fingerprint density at radius 1 is 1.15 bits per heavy atom. The lowest BCUT2D eigenvalue weighted by Gasteiger charge is -2.25. The average molecular weight is 458 g/mol. The number of aromatic hydroxyl groups is 1. The molecule has 1 fully saturated rings. The number of aliphatic hydroxyl groups excluding tert-OH is 2. The van der Waals surface area contributed by atoms with E-state index in [2.05, 4.69) is 0 Å². The molecule has 0 saturated carbocycles. The molecule has 11 nitrogen and oxygen atoms in total. The first-order valence-corrected chi connectivity index (χ1v) is 9.88. The van der Waals surface area contributed by atoms with Gasteiger partial charge in [-0.1, -0.05) is 6.07 Å². The van der Waals surface area contributed by atoms with Crippen molar-refractivity contribution in [2.45, 2.75) is 6.04 Å². The molecule has 11 heteroatoms. The first kappa shape index (κ1) is 23.7. The Morgan fingerprint density at radius 3 is 2.45 bits per heavy atom. The summed E-state index contributed by atoms with van der Waals surface area (Å²) in [7, 11) is 1.34. The minimum Gasteiger partial charge on any atom is -0.507 e. The number of hydrogen-bond acceptors (Lipinski definition) is 9. The van der Waals surface area contributed by atoms with Crippen molar-refractivity contribution in [2.75, 3.05) is 33.5 Å². The molecule has 33 heavy (non-hydrogen) atoms. The van der Waals surface area contributed by atoms with E-state index in [1.54, 1.807) is 0 Å². The van der Waals surface area contributed by atoms with Gasteiger partial charge in [0.15, 0.2) is 11.5 Å². The van der Waals surface area contributed by atoms with Gasteiger partial charge in [-0.2, -0.15) is 0 Å². The van der Waals surface area contributed by atoms with Crippen molar-refractivity contribution in [2.24, 2.45) is 0 Å². The summed E-state index contributed by atoms with van der Waals surface area (Å²) in [6.07, 6.45) is 0. The zero-order chi connectivity index (χ0) is 24.1. The van der Waals surface area contributed by atoms with E-state index in [9.17, 15) is 29.9 Å². The molecule has 3 N–H and O–H groups in total. The fourth-order valence-corrected chi connectivity index (χ4v) is 3.55. The van der Waals surface area contributed by atoms with Crippen molar-refractivity contribution in [3.05, 3.63) is 69.3 Å². The number of benzene rings is 2. The molecule has 1 aliphatic rings. The second-order valence-corrected chi connectivity index (χ2v) is 7.06. The molecule has 0 spiro atoms. The van der Waals surface area contributed by atoms with E-state index in [1.807, 2.05) is 0 Å². The number of rotatable bonds is 9. The van der Waals surface area contributed by atoms with Gasteiger partial charge in [0.25, 0.3) is 17.4 Å². The summed E-state index contributed by atoms with van der Waals surface area (Å²) in [6, 6.07) is 8.13. The fraction of sp³-hybridized carbons (Fsp3) is 0.273. The fourth-order valence-electron chi connectivity index (χ4n) is 3.55. The highest BCUT2D eigenvalue weighted by Gasteiger charge is 2.46. The molecule has 0 aliphatic carbocycles. The average Bonchev–Trinajstić information content (AvgIpc) is 3.06. The summed E-state index contributed by atoms with van der Waals surface area (Å²) >= 11 is 0. The molecule has 0 bridgehead atoms. The second kappa shape index (κ2) is 10.1. The standard InChI is InChI=1S/C22H22N2O9/c1-32-17-12-14(4-7-16(17)26)19-18(20(27)13-2-5-15(6-3-13)24(30)31)21(28)22(29)23(19)8-10-33-11-9-25/h2-7,12,19,25-27H,8-11H2,1H3/b20-18+/t19-/m0/s1. The lowest BCUT2D eigenvalue weighted by molar-refractivity contribution is -0.384. The minimum absolute atomic E-state index is 0.0184. The van der Waals surface area contributed by atoms with Gasteiger partial charge < -0.3 is 29.7 Å². The normalized spacial score (nSPS) is 17.4. The quantitative estimate of drug-likeness (QED) is 0.127. The summed E-state index contributed by atoms with van der Waals surface area (Å²) in [5.41, 5.74) is 0.0805. The number of nitrogens with zero attached hydrogens (tertiary/aromatic N) is 2. The lowest BCUT2D eigenvalue weighted by atomic mass is 9.95. The molecular weight excluding hydrogens is 436 g/mol. The summed E-state index contributed by atoms with van der Waals surface area (Å²) in [5, 5.41) is 40.7. The SMILES string of the molecule is COc1cc([C@H]2/C(=C(\O)c3ccc([N+](=O)[O-])cc3)C(=O)C(=O)N2CCOCCO)ccc1O. The molecule has 1 saturated heterocycles. The van der Waals surface area contributed by atoms with E-state index in [4.69, 9.17) is 14.6 Å². The summed E-state index contributed by atoms with van der Waals surface area (Å²) in [4.78, 5) is 37.3. The number of ketones is 1. The number of carbonyl (C=O) groups is 2. The van der Waals surface area contributed by atoms with Crippen LogP contribution in [0.1, 0.15) is 17.2 Å². The maximum absolute atomic E-state index is 12.9. The van der Waals surface area contributed by atoms with Gasteiger partial charge >= 0.3 is 0 Å². The molecule has 1 aliphatic heterocycles. The zero-order valence-electron chi connectivity index (χ0n) is 17.6. The molecule has 1 amide bonds. The Hall–Kier alpha value is -3.96. The number of carbonyl (C=O) groups excluding carboxylic acids is 2. The lowest BCUT2D eigenvalue weighted by Crippen LogP contribution is -2.33. The number of amides is 1. The van der Waals surface area contributed by atoms with Crippen LogP contribution in [0.2, 0.25) is 0 Å². The summed E-state index contributed by atoms with van der Waals surface area (Å²) < 4.78 is 10.4. The summed E-state index contributed by atoms with van der Waals surface area (Å²) in [5.74, 6) is -2.36. The molecule has 0 aromatic heterocycles. The predicted octanol–water partition coefficient (Wildman–Crippen LogP) is 1.74. The van der Waals surface area contributed by atoms with E-state index in [0.29, 0.717) is 5.56 Å². The number of likely N-dealkylation sites (tertiary alicyclic amines) is 1. The molecule has 0 radical (unpaired) electrons. The number of nitro benzene ring substituents is 1. The van der Waals surface area contributed by atoms with Crippen molar-refractivity contribution < 1.29 is 39.3 Å². The van der Waals surface area contributed by atoms with Crippen LogP contribution in [0.15, 0.2) is 48.0 Å². The van der Waals surface area contributed by atoms with Crippen LogP contribution < -0.4 is 4.74 Å². The number of hydrogen-bond donors (Lipinski definition) is 3. The topological polar surface area (TPSA) is 160 Å².